The summed E-state index contributed by atoms with van der Waals surface area (Å²) in [5, 5.41) is 7.50. The number of pyridine rings is 1. The average molecular weight is 418 g/mol. The number of hydrogen-bond acceptors (Lipinski definition) is 5. The minimum Gasteiger partial charge on any atom is -0.486 e. The fourth-order valence-corrected chi connectivity index (χ4v) is 4.47. The Kier molecular flexibility index (Phi) is 5.56. The highest BCUT2D eigenvalue weighted by Gasteiger charge is 2.26. The van der Waals surface area contributed by atoms with Crippen LogP contribution in [0.4, 0.5) is 5.69 Å². The second-order valence-electron chi connectivity index (χ2n) is 8.16. The van der Waals surface area contributed by atoms with Crippen LogP contribution in [0.2, 0.25) is 0 Å². The predicted octanol–water partition coefficient (Wildman–Crippen LogP) is 2.85. The van der Waals surface area contributed by atoms with Crippen molar-refractivity contribution in [3.05, 3.63) is 71.8 Å². The molecule has 7 nitrogen and oxygen atoms in total. The SMILES string of the molecule is O=C(NCCCN1CCCc2ccccc21)c1cc2n(n1)C[C@@H](Oc1cccnc1)C2. The Morgan fingerprint density at radius 1 is 1.23 bits per heavy atom. The summed E-state index contributed by atoms with van der Waals surface area (Å²) in [4.78, 5) is 19.0. The van der Waals surface area contributed by atoms with Gasteiger partial charge in [-0.15, -0.1) is 0 Å². The van der Waals surface area contributed by atoms with Gasteiger partial charge in [-0.05, 0) is 49.1 Å². The fourth-order valence-electron chi connectivity index (χ4n) is 4.47. The number of ether oxygens (including phenoxy) is 1. The van der Waals surface area contributed by atoms with E-state index in [4.69, 9.17) is 4.74 Å². The molecule has 1 amide bonds. The van der Waals surface area contributed by atoms with Crippen molar-refractivity contribution in [2.75, 3.05) is 24.5 Å². The quantitative estimate of drug-likeness (QED) is 0.599. The van der Waals surface area contributed by atoms with Crippen LogP contribution >= 0.6 is 0 Å². The number of nitrogens with one attached hydrogen (secondary N) is 1. The van der Waals surface area contributed by atoms with Gasteiger partial charge in [0.25, 0.3) is 5.91 Å². The number of rotatable bonds is 7. The number of carbonyl (C=O) groups is 1. The number of hydrogen-bond donors (Lipinski definition) is 1. The molecular weight excluding hydrogens is 390 g/mol. The molecule has 1 atom stereocenters. The van der Waals surface area contributed by atoms with E-state index in [1.807, 2.05) is 22.9 Å². The van der Waals surface area contributed by atoms with E-state index in [1.54, 1.807) is 12.4 Å². The molecule has 0 radical (unpaired) electrons. The molecule has 0 aliphatic carbocycles. The van der Waals surface area contributed by atoms with Crippen LogP contribution in [0.1, 0.15) is 34.6 Å². The fraction of sp³-hybridized carbons (Fsp3) is 0.375. The van der Waals surface area contributed by atoms with E-state index >= 15 is 0 Å². The summed E-state index contributed by atoms with van der Waals surface area (Å²) in [5.74, 6) is 0.651. The van der Waals surface area contributed by atoms with Crippen molar-refractivity contribution in [1.29, 1.82) is 0 Å². The van der Waals surface area contributed by atoms with Gasteiger partial charge >= 0.3 is 0 Å². The first-order chi connectivity index (χ1) is 15.3. The lowest BCUT2D eigenvalue weighted by Gasteiger charge is -2.31. The van der Waals surface area contributed by atoms with Gasteiger partial charge in [0.2, 0.25) is 0 Å². The molecule has 2 aliphatic rings. The lowest BCUT2D eigenvalue weighted by Crippen LogP contribution is -2.33. The Balaban J connectivity index is 1.09. The van der Waals surface area contributed by atoms with Crippen LogP contribution in [0.5, 0.6) is 5.75 Å². The molecule has 31 heavy (non-hydrogen) atoms. The molecule has 0 unspecified atom stereocenters. The number of para-hydroxylation sites is 1. The molecule has 1 N–H and O–H groups in total. The zero-order valence-corrected chi connectivity index (χ0v) is 17.5. The normalized spacial score (nSPS) is 17.2. The number of amides is 1. The molecule has 2 aromatic heterocycles. The molecular formula is C24H27N5O2. The summed E-state index contributed by atoms with van der Waals surface area (Å²) >= 11 is 0. The maximum Gasteiger partial charge on any atom is 0.271 e. The smallest absolute Gasteiger partial charge is 0.271 e. The molecule has 4 heterocycles. The van der Waals surface area contributed by atoms with Gasteiger partial charge < -0.3 is 15.0 Å². The Morgan fingerprint density at radius 2 is 2.16 bits per heavy atom. The maximum absolute atomic E-state index is 12.5. The number of benzene rings is 1. The highest BCUT2D eigenvalue weighted by Crippen LogP contribution is 2.26. The topological polar surface area (TPSA) is 72.3 Å². The van der Waals surface area contributed by atoms with Gasteiger partial charge in [0.05, 0.1) is 12.7 Å². The van der Waals surface area contributed by atoms with E-state index < -0.39 is 0 Å². The van der Waals surface area contributed by atoms with E-state index in [0.717, 1.165) is 43.8 Å². The van der Waals surface area contributed by atoms with E-state index in [1.165, 1.54) is 17.7 Å². The van der Waals surface area contributed by atoms with E-state index in [-0.39, 0.29) is 12.0 Å². The van der Waals surface area contributed by atoms with Gasteiger partial charge in [-0.3, -0.25) is 14.5 Å². The highest BCUT2D eigenvalue weighted by molar-refractivity contribution is 5.92. The maximum atomic E-state index is 12.5. The molecule has 0 saturated carbocycles. The lowest BCUT2D eigenvalue weighted by molar-refractivity contribution is 0.0946. The molecule has 0 fully saturated rings. The Labute approximate surface area is 182 Å². The van der Waals surface area contributed by atoms with Crippen LogP contribution in [0.3, 0.4) is 0 Å². The Hall–Kier alpha value is -3.35. The zero-order chi connectivity index (χ0) is 21.0. The van der Waals surface area contributed by atoms with Gasteiger partial charge in [0, 0.05) is 43.6 Å². The van der Waals surface area contributed by atoms with Crippen molar-refractivity contribution in [2.45, 2.75) is 38.3 Å². The van der Waals surface area contributed by atoms with Crippen LogP contribution in [0, 0.1) is 0 Å². The molecule has 2 aliphatic heterocycles. The van der Waals surface area contributed by atoms with Crippen LogP contribution in [0.15, 0.2) is 54.9 Å². The van der Waals surface area contributed by atoms with Crippen LogP contribution in [-0.2, 0) is 19.4 Å². The third-order valence-corrected chi connectivity index (χ3v) is 5.94. The first-order valence-electron chi connectivity index (χ1n) is 11.0. The van der Waals surface area contributed by atoms with Gasteiger partial charge in [-0.1, -0.05) is 18.2 Å². The third kappa shape index (κ3) is 4.40. The molecule has 5 rings (SSSR count). The molecule has 3 aromatic rings. The number of carbonyl (C=O) groups excluding carboxylic acids is 1. The molecule has 1 aromatic carbocycles. The number of anilines is 1. The summed E-state index contributed by atoms with van der Waals surface area (Å²) in [7, 11) is 0. The van der Waals surface area contributed by atoms with Crippen molar-refractivity contribution >= 4 is 11.6 Å². The molecule has 7 heteroatoms. The van der Waals surface area contributed by atoms with E-state index in [0.29, 0.717) is 18.8 Å². The van der Waals surface area contributed by atoms with E-state index in [2.05, 4.69) is 44.6 Å². The molecule has 160 valence electrons. The third-order valence-electron chi connectivity index (χ3n) is 5.94. The lowest BCUT2D eigenvalue weighted by atomic mass is 10.0. The average Bonchev–Trinajstić information content (AvgIpc) is 3.36. The summed E-state index contributed by atoms with van der Waals surface area (Å²) in [6, 6.07) is 14.3. The molecule has 0 spiro atoms. The van der Waals surface area contributed by atoms with Gasteiger partial charge in [0.1, 0.15) is 17.5 Å². The minimum absolute atomic E-state index is 0.0243. The number of fused-ring (bicyclic) bond motifs is 2. The van der Waals surface area contributed by atoms with E-state index in [9.17, 15) is 4.79 Å². The van der Waals surface area contributed by atoms with Crippen molar-refractivity contribution in [1.82, 2.24) is 20.1 Å². The minimum atomic E-state index is -0.106. The molecule has 0 bridgehead atoms. The second kappa shape index (κ2) is 8.79. The number of aromatic nitrogens is 3. The van der Waals surface area contributed by atoms with Gasteiger partial charge in [-0.2, -0.15) is 5.10 Å². The van der Waals surface area contributed by atoms with Gasteiger partial charge in [0.15, 0.2) is 0 Å². The summed E-state index contributed by atoms with van der Waals surface area (Å²) < 4.78 is 7.83. The monoisotopic (exact) mass is 417 g/mol. The Bertz CT molecular complexity index is 1030. The highest BCUT2D eigenvalue weighted by atomic mass is 16.5. The molecule has 0 saturated heterocycles. The van der Waals surface area contributed by atoms with Crippen molar-refractivity contribution in [2.24, 2.45) is 0 Å². The second-order valence-corrected chi connectivity index (χ2v) is 8.16. The summed E-state index contributed by atoms with van der Waals surface area (Å²) in [6.45, 7) is 3.32. The zero-order valence-electron chi connectivity index (χ0n) is 17.5. The van der Waals surface area contributed by atoms with Gasteiger partial charge in [-0.25, -0.2) is 0 Å². The van der Waals surface area contributed by atoms with Crippen molar-refractivity contribution in [3.8, 4) is 5.75 Å². The first-order valence-corrected chi connectivity index (χ1v) is 11.0. The van der Waals surface area contributed by atoms with Crippen LogP contribution in [-0.4, -0.2) is 46.4 Å². The van der Waals surface area contributed by atoms with Crippen LogP contribution in [0.25, 0.3) is 0 Å². The number of aryl methyl sites for hydroxylation is 1. The standard InChI is InChI=1S/C24H27N5O2/c30-24(26-11-5-13-28-12-4-7-18-6-1-2-9-23(18)28)22-15-19-14-21(17-29(19)27-22)31-20-8-3-10-25-16-20/h1-3,6,8-10,15-16,21H,4-5,7,11-14,17H2,(H,26,30)/t21-/m0/s1. The van der Waals surface area contributed by atoms with Crippen molar-refractivity contribution in [3.63, 3.8) is 0 Å². The predicted molar refractivity (Wildman–Crippen MR) is 119 cm³/mol. The summed E-state index contributed by atoms with van der Waals surface area (Å²) in [5.41, 5.74) is 4.28. The Morgan fingerprint density at radius 3 is 3.03 bits per heavy atom. The number of nitrogens with zero attached hydrogens (tertiary/aromatic N) is 4. The largest absolute Gasteiger partial charge is 0.486 e. The summed E-state index contributed by atoms with van der Waals surface area (Å²) in [6.07, 6.45) is 7.46. The van der Waals surface area contributed by atoms with Crippen LogP contribution < -0.4 is 15.0 Å². The van der Waals surface area contributed by atoms with Crippen molar-refractivity contribution < 1.29 is 9.53 Å². The first kappa shape index (κ1) is 19.6.